The van der Waals surface area contributed by atoms with Crippen molar-refractivity contribution in [3.05, 3.63) is 102 Å². The summed E-state index contributed by atoms with van der Waals surface area (Å²) in [6.07, 6.45) is -9.99. The number of phenolic OH excluding ortho intramolecular Hbond substituents is 1. The molecule has 5 rings (SSSR count). The molecule has 3 nitrogen and oxygen atoms in total. The van der Waals surface area contributed by atoms with Crippen molar-refractivity contribution in [1.29, 1.82) is 0 Å². The minimum atomic E-state index is -5.00. The molecule has 0 saturated carbocycles. The zero-order chi connectivity index (χ0) is 27.9. The number of thiocarbonyl (C=S) groups is 1. The monoisotopic (exact) mass is 556 g/mol. The van der Waals surface area contributed by atoms with Gasteiger partial charge in [-0.15, -0.1) is 0 Å². The number of hydrogen-bond donors (Lipinski definition) is 3. The first-order chi connectivity index (χ1) is 18.4. The highest BCUT2D eigenvalue weighted by atomic mass is 32.1. The van der Waals surface area contributed by atoms with Crippen molar-refractivity contribution in [3.63, 3.8) is 0 Å². The van der Waals surface area contributed by atoms with E-state index in [2.05, 4.69) is 10.6 Å². The summed E-state index contributed by atoms with van der Waals surface area (Å²) in [5.41, 5.74) is -1.96. The second-order valence-electron chi connectivity index (χ2n) is 8.76. The van der Waals surface area contributed by atoms with E-state index in [4.69, 9.17) is 12.2 Å². The van der Waals surface area contributed by atoms with Gasteiger partial charge >= 0.3 is 12.4 Å². The van der Waals surface area contributed by atoms with E-state index >= 15 is 0 Å². The zero-order valence-corrected chi connectivity index (χ0v) is 20.6. The molecule has 0 saturated heterocycles. The van der Waals surface area contributed by atoms with Crippen LogP contribution in [0.5, 0.6) is 5.75 Å². The van der Waals surface area contributed by atoms with Crippen LogP contribution < -0.4 is 10.6 Å². The summed E-state index contributed by atoms with van der Waals surface area (Å²) in [5.74, 6) is -0.0142. The molecule has 198 valence electrons. The zero-order valence-electron chi connectivity index (χ0n) is 19.8. The maximum Gasteiger partial charge on any atom is 0.416 e. The molecule has 0 aromatic heterocycles. The summed E-state index contributed by atoms with van der Waals surface area (Å²) in [7, 11) is 0. The molecular formula is C29H18F6N2OS. The number of alkyl halides is 6. The topological polar surface area (TPSA) is 44.3 Å². The quantitative estimate of drug-likeness (QED) is 0.153. The Hall–Kier alpha value is -4.31. The Morgan fingerprint density at radius 2 is 1.13 bits per heavy atom. The van der Waals surface area contributed by atoms with Gasteiger partial charge in [-0.2, -0.15) is 26.3 Å². The van der Waals surface area contributed by atoms with E-state index in [1.54, 1.807) is 24.3 Å². The third-order valence-electron chi connectivity index (χ3n) is 6.18. The molecule has 0 amide bonds. The molecule has 0 radical (unpaired) electrons. The molecule has 39 heavy (non-hydrogen) atoms. The van der Waals surface area contributed by atoms with E-state index in [-0.39, 0.29) is 16.9 Å². The minimum Gasteiger partial charge on any atom is -0.507 e. The standard InChI is InChI=1S/C29H18F6N2OS/c30-28(31,32)18-13-19(29(33,34)35)15-20(14-18)36-27(39)37-23-11-9-16-5-1-3-7-21(16)25(23)26-22-8-4-2-6-17(22)10-12-24(26)38/h1-15,38H,(H2,36,37,39). The van der Waals surface area contributed by atoms with E-state index in [1.807, 2.05) is 48.5 Å². The molecular weight excluding hydrogens is 538 g/mol. The molecule has 0 atom stereocenters. The van der Waals surface area contributed by atoms with Crippen molar-refractivity contribution in [2.24, 2.45) is 0 Å². The fourth-order valence-corrected chi connectivity index (χ4v) is 4.71. The molecule has 5 aromatic carbocycles. The van der Waals surface area contributed by atoms with Crippen LogP contribution in [-0.2, 0) is 12.4 Å². The van der Waals surface area contributed by atoms with E-state index in [1.165, 1.54) is 0 Å². The first-order valence-corrected chi connectivity index (χ1v) is 11.9. The van der Waals surface area contributed by atoms with Gasteiger partial charge in [0.25, 0.3) is 0 Å². The normalized spacial score (nSPS) is 12.1. The first-order valence-electron chi connectivity index (χ1n) is 11.5. The van der Waals surface area contributed by atoms with Gasteiger partial charge in [0, 0.05) is 22.5 Å². The maximum absolute atomic E-state index is 13.3. The smallest absolute Gasteiger partial charge is 0.416 e. The minimum absolute atomic E-state index is 0.0142. The lowest BCUT2D eigenvalue weighted by Gasteiger charge is -2.20. The Morgan fingerprint density at radius 3 is 1.69 bits per heavy atom. The van der Waals surface area contributed by atoms with Gasteiger partial charge in [-0.1, -0.05) is 60.7 Å². The van der Waals surface area contributed by atoms with E-state index < -0.39 is 29.2 Å². The van der Waals surface area contributed by atoms with Crippen molar-refractivity contribution in [2.75, 3.05) is 10.6 Å². The van der Waals surface area contributed by atoms with Crippen LogP contribution >= 0.6 is 12.2 Å². The second-order valence-corrected chi connectivity index (χ2v) is 9.17. The van der Waals surface area contributed by atoms with Crippen molar-refractivity contribution >= 4 is 50.2 Å². The van der Waals surface area contributed by atoms with Crippen LogP contribution in [0.3, 0.4) is 0 Å². The number of rotatable bonds is 3. The van der Waals surface area contributed by atoms with Crippen LogP contribution in [0, 0.1) is 0 Å². The Morgan fingerprint density at radius 1 is 0.615 bits per heavy atom. The van der Waals surface area contributed by atoms with E-state index in [0.717, 1.165) is 21.5 Å². The van der Waals surface area contributed by atoms with Gasteiger partial charge in [0.2, 0.25) is 0 Å². The molecule has 0 bridgehead atoms. The predicted octanol–water partition coefficient (Wildman–Crippen LogP) is 9.21. The number of hydrogen-bond acceptors (Lipinski definition) is 2. The van der Waals surface area contributed by atoms with Gasteiger partial charge in [0.15, 0.2) is 5.11 Å². The number of nitrogens with one attached hydrogen (secondary N) is 2. The number of phenols is 1. The molecule has 0 spiro atoms. The molecule has 0 heterocycles. The molecule has 10 heteroatoms. The average Bonchev–Trinajstić information content (AvgIpc) is 2.88. The maximum atomic E-state index is 13.3. The van der Waals surface area contributed by atoms with Gasteiger partial charge in [-0.25, -0.2) is 0 Å². The van der Waals surface area contributed by atoms with Crippen LogP contribution in [0.1, 0.15) is 11.1 Å². The largest absolute Gasteiger partial charge is 0.507 e. The molecule has 0 aliphatic carbocycles. The number of halogens is 6. The highest BCUT2D eigenvalue weighted by molar-refractivity contribution is 7.80. The molecule has 5 aromatic rings. The van der Waals surface area contributed by atoms with Gasteiger partial charge in [0.05, 0.1) is 11.1 Å². The Kier molecular flexibility index (Phi) is 6.59. The van der Waals surface area contributed by atoms with Gasteiger partial charge in [-0.3, -0.25) is 0 Å². The van der Waals surface area contributed by atoms with Gasteiger partial charge in [0.1, 0.15) is 5.75 Å². The van der Waals surface area contributed by atoms with Crippen LogP contribution in [0.2, 0.25) is 0 Å². The third kappa shape index (κ3) is 5.33. The average molecular weight is 557 g/mol. The third-order valence-corrected chi connectivity index (χ3v) is 6.38. The lowest BCUT2D eigenvalue weighted by molar-refractivity contribution is -0.143. The SMILES string of the molecule is Oc1ccc2ccccc2c1-c1c(NC(=S)Nc2cc(C(F)(F)F)cc(C(F)(F)F)c2)ccc2ccccc12. The fourth-order valence-electron chi connectivity index (χ4n) is 4.48. The van der Waals surface area contributed by atoms with Crippen LogP contribution in [-0.4, -0.2) is 10.2 Å². The number of aromatic hydroxyl groups is 1. The lowest BCUT2D eigenvalue weighted by Crippen LogP contribution is -2.21. The van der Waals surface area contributed by atoms with Crippen molar-refractivity contribution in [2.45, 2.75) is 12.4 Å². The predicted molar refractivity (Wildman–Crippen MR) is 145 cm³/mol. The van der Waals surface area contributed by atoms with Crippen molar-refractivity contribution < 1.29 is 31.4 Å². The first kappa shape index (κ1) is 26.3. The summed E-state index contributed by atoms with van der Waals surface area (Å²) in [6, 6.07) is 22.7. The molecule has 0 fully saturated rings. The summed E-state index contributed by atoms with van der Waals surface area (Å²) in [5, 5.41) is 19.2. The summed E-state index contributed by atoms with van der Waals surface area (Å²) >= 11 is 5.31. The van der Waals surface area contributed by atoms with Gasteiger partial charge < -0.3 is 15.7 Å². The summed E-state index contributed by atoms with van der Waals surface area (Å²) in [4.78, 5) is 0. The van der Waals surface area contributed by atoms with E-state index in [9.17, 15) is 31.4 Å². The summed E-state index contributed by atoms with van der Waals surface area (Å²) in [6.45, 7) is 0. The molecule has 0 unspecified atom stereocenters. The number of benzene rings is 5. The van der Waals surface area contributed by atoms with Crippen molar-refractivity contribution in [1.82, 2.24) is 0 Å². The Balaban J connectivity index is 1.60. The Bertz CT molecular complexity index is 1700. The lowest BCUT2D eigenvalue weighted by atomic mass is 9.91. The second kappa shape index (κ2) is 9.77. The highest BCUT2D eigenvalue weighted by Gasteiger charge is 2.37. The Labute approximate surface area is 223 Å². The number of anilines is 2. The summed E-state index contributed by atoms with van der Waals surface area (Å²) < 4.78 is 79.8. The molecule has 3 N–H and O–H groups in total. The van der Waals surface area contributed by atoms with Crippen molar-refractivity contribution in [3.8, 4) is 16.9 Å². The number of fused-ring (bicyclic) bond motifs is 2. The fraction of sp³-hybridized carbons (Fsp3) is 0.0690. The van der Waals surface area contributed by atoms with Gasteiger partial charge in [-0.05, 0) is 64.1 Å². The highest BCUT2D eigenvalue weighted by Crippen LogP contribution is 2.44. The van der Waals surface area contributed by atoms with E-state index in [0.29, 0.717) is 28.9 Å². The molecule has 0 aliphatic rings. The van der Waals surface area contributed by atoms with Crippen LogP contribution in [0.4, 0.5) is 37.7 Å². The molecule has 0 aliphatic heterocycles. The van der Waals surface area contributed by atoms with Crippen LogP contribution in [0.15, 0.2) is 91.0 Å². The van der Waals surface area contributed by atoms with Crippen LogP contribution in [0.25, 0.3) is 32.7 Å².